The minimum atomic E-state index is -0.329. The number of benzene rings is 4. The summed E-state index contributed by atoms with van der Waals surface area (Å²) in [4.78, 5) is -0.562. The molecule has 1 aromatic heterocycles. The minimum absolute atomic E-state index is 0.0412. The monoisotopic (exact) mass is 1070 g/mol. The molecular formula is C66H90P2Te. The van der Waals surface area contributed by atoms with E-state index in [0.717, 1.165) is 0 Å². The summed E-state index contributed by atoms with van der Waals surface area (Å²) in [5.74, 6) is 0. The van der Waals surface area contributed by atoms with E-state index in [4.69, 9.17) is 0 Å². The molecule has 2 unspecified atom stereocenters. The molecule has 1 heterocycles. The second-order valence-corrected chi connectivity index (χ2v) is 50.6. The molecule has 0 bridgehead atoms. The Morgan fingerprint density at radius 1 is 0.246 bits per heavy atom. The first kappa shape index (κ1) is 54.0. The van der Waals surface area contributed by atoms with Crippen LogP contribution in [0.25, 0.3) is 22.3 Å². The average Bonchev–Trinajstić information content (AvgIpc) is 3.62. The molecule has 0 N–H and O–H groups in total. The molecule has 7 rings (SSSR count). The fourth-order valence-corrected chi connectivity index (χ4v) is 38.3. The van der Waals surface area contributed by atoms with Gasteiger partial charge in [0.05, 0.1) is 0 Å². The van der Waals surface area contributed by atoms with Gasteiger partial charge in [-0.2, -0.15) is 0 Å². The third-order valence-electron chi connectivity index (χ3n) is 14.8. The fourth-order valence-electron chi connectivity index (χ4n) is 9.58. The zero-order chi connectivity index (χ0) is 51.6. The van der Waals surface area contributed by atoms with Gasteiger partial charge in [0.15, 0.2) is 0 Å². The third-order valence-corrected chi connectivity index (χ3v) is 38.4. The van der Waals surface area contributed by atoms with Gasteiger partial charge in [0.1, 0.15) is 0 Å². The quantitative estimate of drug-likeness (QED) is 0.149. The number of rotatable bonds is 6. The van der Waals surface area contributed by atoms with Crippen LogP contribution in [0, 0.1) is 0 Å². The van der Waals surface area contributed by atoms with E-state index in [0.29, 0.717) is 11.3 Å². The summed E-state index contributed by atoms with van der Waals surface area (Å²) in [5, 5.41) is 0. The molecular weight excluding hydrogens is 982 g/mol. The van der Waals surface area contributed by atoms with Gasteiger partial charge in [-0.3, -0.25) is 0 Å². The van der Waals surface area contributed by atoms with Gasteiger partial charge in [-0.1, -0.05) is 0 Å². The van der Waals surface area contributed by atoms with E-state index < -0.39 is 0 Å². The zero-order valence-electron chi connectivity index (χ0n) is 47.7. The van der Waals surface area contributed by atoms with Crippen molar-refractivity contribution in [3.8, 4) is 0 Å². The van der Waals surface area contributed by atoms with Crippen LogP contribution in [0.2, 0.25) is 0 Å². The van der Waals surface area contributed by atoms with Crippen LogP contribution in [0.4, 0.5) is 0 Å². The Morgan fingerprint density at radius 2 is 0.391 bits per heavy atom. The Bertz CT molecular complexity index is 2370. The summed E-state index contributed by atoms with van der Waals surface area (Å²) < 4.78 is 0. The van der Waals surface area contributed by atoms with Gasteiger partial charge in [0.2, 0.25) is 0 Å². The van der Waals surface area contributed by atoms with E-state index in [1.54, 1.807) is 22.3 Å². The predicted octanol–water partition coefficient (Wildman–Crippen LogP) is 20.5. The second kappa shape index (κ2) is 18.0. The van der Waals surface area contributed by atoms with Crippen LogP contribution in [0.5, 0.6) is 0 Å². The van der Waals surface area contributed by atoms with Crippen LogP contribution in [0.1, 0.15) is 244 Å². The van der Waals surface area contributed by atoms with E-state index in [1.165, 1.54) is 66.8 Å². The molecule has 0 aliphatic heterocycles. The maximum absolute atomic E-state index is 2.59. The van der Waals surface area contributed by atoms with Gasteiger partial charge >= 0.3 is 436 Å². The van der Waals surface area contributed by atoms with Crippen molar-refractivity contribution < 1.29 is 0 Å². The summed E-state index contributed by atoms with van der Waals surface area (Å²) in [7, 11) is 0. The van der Waals surface area contributed by atoms with Gasteiger partial charge < -0.3 is 0 Å². The molecule has 0 saturated heterocycles. The van der Waals surface area contributed by atoms with E-state index >= 15 is 0 Å². The van der Waals surface area contributed by atoms with Crippen LogP contribution in [0.3, 0.4) is 0 Å². The molecule has 2 aliphatic carbocycles. The van der Waals surface area contributed by atoms with Gasteiger partial charge in [-0.05, 0) is 0 Å². The Morgan fingerprint density at radius 3 is 0.522 bits per heavy atom. The van der Waals surface area contributed by atoms with Crippen molar-refractivity contribution in [2.45, 2.75) is 221 Å². The van der Waals surface area contributed by atoms with E-state index in [1.807, 2.05) is 0 Å². The average molecular weight is 1070 g/mol. The van der Waals surface area contributed by atoms with Crippen LogP contribution >= 0.6 is 9.72 Å². The Kier molecular flexibility index (Phi) is 14.1. The molecule has 2 aliphatic rings. The normalized spacial score (nSPS) is 16.9. The fraction of sp³-hybridized carbons (Fsp3) is 0.515. The molecule has 69 heavy (non-hydrogen) atoms. The molecule has 2 atom stereocenters. The second-order valence-electron chi connectivity index (χ2n) is 29.2. The molecule has 4 aromatic carbocycles. The van der Waals surface area contributed by atoms with Crippen molar-refractivity contribution in [3.63, 3.8) is 0 Å². The molecule has 5 aromatic rings. The van der Waals surface area contributed by atoms with Crippen LogP contribution in [0.15, 0.2) is 97.1 Å². The first-order valence-electron chi connectivity index (χ1n) is 26.0. The SMILES string of the molecule is CC(C)(C)c1cc(C2=CC=C(c3cc(C(C)(C)C)cc(C(C)(C)C)c3)C2p2[te]p2C2C(c3cc(C(C)(C)C)cc(C(C)(C)C)c3)=CC=C2c2cc(C(C)(C)C)cc(C(C)(C)C)c2)cc(C(C)(C)C)c1. The van der Waals surface area contributed by atoms with E-state index in [9.17, 15) is 0 Å². The van der Waals surface area contributed by atoms with Gasteiger partial charge in [-0.25, -0.2) is 0 Å². The topological polar surface area (TPSA) is 0 Å². The van der Waals surface area contributed by atoms with Crippen LogP contribution in [-0.4, -0.2) is 19.3 Å². The van der Waals surface area contributed by atoms with Gasteiger partial charge in [0, 0.05) is 0 Å². The molecule has 0 fully saturated rings. The molecule has 0 radical (unpaired) electrons. The van der Waals surface area contributed by atoms with E-state index in [2.05, 4.69) is 263 Å². The summed E-state index contributed by atoms with van der Waals surface area (Å²) >= 11 is -0.329. The molecule has 0 amide bonds. The molecule has 0 nitrogen and oxygen atoms in total. The third kappa shape index (κ3) is 11.7. The zero-order valence-corrected chi connectivity index (χ0v) is 51.8. The van der Waals surface area contributed by atoms with Crippen molar-refractivity contribution in [1.29, 1.82) is 0 Å². The van der Waals surface area contributed by atoms with Crippen molar-refractivity contribution in [1.82, 2.24) is 0 Å². The van der Waals surface area contributed by atoms with Crippen molar-refractivity contribution in [3.05, 3.63) is 164 Å². The number of allylic oxidation sites excluding steroid dienone is 8. The molecule has 370 valence electrons. The van der Waals surface area contributed by atoms with E-state index in [-0.39, 0.29) is 72.3 Å². The summed E-state index contributed by atoms with van der Waals surface area (Å²) in [6.07, 6.45) is 10.3. The summed E-state index contributed by atoms with van der Waals surface area (Å²) in [5.41, 5.74) is 24.8. The molecule has 0 spiro atoms. The van der Waals surface area contributed by atoms with Crippen molar-refractivity contribution in [2.75, 3.05) is 0 Å². The first-order valence-corrected chi connectivity index (χ1v) is 35.6. The first-order chi connectivity index (χ1) is 31.2. The number of hydrogen-bond acceptors (Lipinski definition) is 0. The van der Waals surface area contributed by atoms with Crippen LogP contribution in [-0.2, 0) is 43.3 Å². The standard InChI is InChI=1S/C66H90P2Te/c1-59(2,3)45-29-41(30-46(37-45)60(4,5)6)53-25-26-54(42-31-47(61(7,8)9)38-48(32-42)62(10,11)12)57(53)67-68(69-67)58-55(43-33-49(63(13,14)15)39-50(34-43)64(16,17)18)27-28-56(58)44-35-51(65(19,20)21)40-52(36-44)66(22,23)24/h25-40,57-58H,1-24H3. The Labute approximate surface area is 433 Å². The summed E-state index contributed by atoms with van der Waals surface area (Å²) in [6, 6.07) is 30.7. The molecule has 0 saturated carbocycles. The predicted molar refractivity (Wildman–Crippen MR) is 314 cm³/mol. The Balaban J connectivity index is 1.51. The van der Waals surface area contributed by atoms with Gasteiger partial charge in [-0.15, -0.1) is 0 Å². The Hall–Kier alpha value is -2.77. The van der Waals surface area contributed by atoms with Crippen LogP contribution < -0.4 is 0 Å². The van der Waals surface area contributed by atoms with Crippen molar-refractivity contribution in [2.24, 2.45) is 0 Å². The van der Waals surface area contributed by atoms with Crippen molar-refractivity contribution >= 4 is 51.3 Å². The summed E-state index contributed by atoms with van der Waals surface area (Å²) in [6.45, 7) is 57.5. The maximum atomic E-state index is 2.59. The van der Waals surface area contributed by atoms with Gasteiger partial charge in [0.25, 0.3) is 0 Å². The number of hydrogen-bond donors (Lipinski definition) is 0. The molecule has 3 heteroatoms.